The minimum Gasteiger partial charge on any atom is -0.384 e. The lowest BCUT2D eigenvalue weighted by Gasteiger charge is -2.10. The molecule has 0 radical (unpaired) electrons. The van der Waals surface area contributed by atoms with Crippen LogP contribution >= 0.6 is 11.6 Å². The van der Waals surface area contributed by atoms with E-state index < -0.39 is 0 Å². The molecular weight excluding hydrogens is 410 g/mol. The molecule has 0 aliphatic rings. The first-order valence-electron chi connectivity index (χ1n) is 10.7. The van der Waals surface area contributed by atoms with Gasteiger partial charge in [-0.05, 0) is 30.7 Å². The van der Waals surface area contributed by atoms with Gasteiger partial charge in [-0.3, -0.25) is 9.36 Å². The molecule has 0 saturated carbocycles. The normalized spacial score (nSPS) is 11.3. The van der Waals surface area contributed by atoms with Crippen LogP contribution in [0.25, 0.3) is 27.9 Å². The number of carbonyl (C=O) groups is 1. The molecular formula is C24H26ClN5O. The largest absolute Gasteiger partial charge is 0.384 e. The van der Waals surface area contributed by atoms with Gasteiger partial charge in [0.05, 0.1) is 21.7 Å². The van der Waals surface area contributed by atoms with Gasteiger partial charge in [-0.2, -0.15) is 0 Å². The number of halogens is 1. The zero-order valence-corrected chi connectivity index (χ0v) is 18.3. The van der Waals surface area contributed by atoms with E-state index in [1.165, 1.54) is 19.3 Å². The van der Waals surface area contributed by atoms with Gasteiger partial charge in [0, 0.05) is 6.54 Å². The number of nitrogens with zero attached hydrogens (tertiary/aromatic N) is 3. The number of para-hydroxylation sites is 3. The minimum atomic E-state index is -0.242. The van der Waals surface area contributed by atoms with Gasteiger partial charge in [-0.1, -0.05) is 68.5 Å². The highest BCUT2D eigenvalue weighted by molar-refractivity contribution is 6.32. The molecule has 0 unspecified atom stereocenters. The number of nitrogen functional groups attached to an aromatic ring is 1. The molecule has 0 atom stereocenters. The van der Waals surface area contributed by atoms with Gasteiger partial charge in [0.25, 0.3) is 5.91 Å². The van der Waals surface area contributed by atoms with Gasteiger partial charge >= 0.3 is 0 Å². The smallest absolute Gasteiger partial charge is 0.257 e. The van der Waals surface area contributed by atoms with Crippen LogP contribution in [0, 0.1) is 0 Å². The fraction of sp³-hybridized carbons (Fsp3) is 0.292. The van der Waals surface area contributed by atoms with E-state index in [0.717, 1.165) is 18.4 Å². The lowest BCUT2D eigenvalue weighted by atomic mass is 10.1. The fourth-order valence-corrected chi connectivity index (χ4v) is 4.00. The molecule has 0 aliphatic heterocycles. The Labute approximate surface area is 186 Å². The van der Waals surface area contributed by atoms with Crippen LogP contribution in [-0.2, 0) is 0 Å². The molecule has 160 valence electrons. The van der Waals surface area contributed by atoms with Gasteiger partial charge in [0.15, 0.2) is 5.65 Å². The second-order valence-electron chi connectivity index (χ2n) is 7.60. The van der Waals surface area contributed by atoms with Crippen molar-refractivity contribution < 1.29 is 4.79 Å². The van der Waals surface area contributed by atoms with Crippen molar-refractivity contribution in [3.63, 3.8) is 0 Å². The number of amides is 1. The zero-order chi connectivity index (χ0) is 21.8. The molecule has 7 heteroatoms. The second kappa shape index (κ2) is 9.35. The number of nitrogens with two attached hydrogens (primary N) is 1. The number of hydrogen-bond acceptors (Lipinski definition) is 4. The number of carbonyl (C=O) groups excluding carboxylic acids is 1. The number of nitrogens with one attached hydrogen (secondary N) is 1. The molecule has 6 nitrogen and oxygen atoms in total. The molecule has 4 aromatic rings. The summed E-state index contributed by atoms with van der Waals surface area (Å²) in [5, 5.41) is 3.52. The average Bonchev–Trinajstić information content (AvgIpc) is 3.05. The first kappa shape index (κ1) is 21.1. The summed E-state index contributed by atoms with van der Waals surface area (Å²) in [6.07, 6.45) is 5.61. The lowest BCUT2D eigenvalue weighted by Crippen LogP contribution is -2.25. The summed E-state index contributed by atoms with van der Waals surface area (Å²) in [5.74, 6) is 0.0373. The Kier molecular flexibility index (Phi) is 6.37. The van der Waals surface area contributed by atoms with E-state index in [-0.39, 0.29) is 11.7 Å². The van der Waals surface area contributed by atoms with Crippen LogP contribution in [0.3, 0.4) is 0 Å². The highest BCUT2D eigenvalue weighted by Gasteiger charge is 2.25. The standard InChI is InChI=1S/C24H26ClN5O/c1-2-3-4-5-10-15-27-24(31)20-21-23(29-18-13-8-7-12-17(18)28-21)30(22(20)26)19-14-9-6-11-16(19)25/h6-9,11-14H,2-5,10,15,26H2,1H3,(H,27,31). The maximum atomic E-state index is 13.1. The van der Waals surface area contributed by atoms with E-state index >= 15 is 0 Å². The second-order valence-corrected chi connectivity index (χ2v) is 8.01. The third-order valence-corrected chi connectivity index (χ3v) is 5.70. The Hall–Kier alpha value is -3.12. The van der Waals surface area contributed by atoms with Crippen molar-refractivity contribution in [1.29, 1.82) is 0 Å². The molecule has 0 bridgehead atoms. The molecule has 3 N–H and O–H groups in total. The Morgan fingerprint density at radius 2 is 1.68 bits per heavy atom. The maximum Gasteiger partial charge on any atom is 0.257 e. The number of unbranched alkanes of at least 4 members (excludes halogenated alkanes) is 4. The molecule has 1 amide bonds. The maximum absolute atomic E-state index is 13.1. The van der Waals surface area contributed by atoms with E-state index in [1.54, 1.807) is 10.6 Å². The van der Waals surface area contributed by atoms with Crippen LogP contribution in [0.2, 0.25) is 5.02 Å². The van der Waals surface area contributed by atoms with Gasteiger partial charge in [0.1, 0.15) is 16.9 Å². The van der Waals surface area contributed by atoms with Gasteiger partial charge < -0.3 is 11.1 Å². The van der Waals surface area contributed by atoms with E-state index in [0.29, 0.717) is 39.5 Å². The monoisotopic (exact) mass is 435 g/mol. The molecule has 4 rings (SSSR count). The summed E-state index contributed by atoms with van der Waals surface area (Å²) >= 11 is 6.46. The first-order valence-corrected chi connectivity index (χ1v) is 11.1. The average molecular weight is 436 g/mol. The van der Waals surface area contributed by atoms with Gasteiger partial charge in [-0.25, -0.2) is 9.97 Å². The Morgan fingerprint density at radius 1 is 1.00 bits per heavy atom. The number of hydrogen-bond donors (Lipinski definition) is 2. The Morgan fingerprint density at radius 3 is 2.42 bits per heavy atom. The Balaban J connectivity index is 1.77. The summed E-state index contributed by atoms with van der Waals surface area (Å²) in [7, 11) is 0. The van der Waals surface area contributed by atoms with Crippen molar-refractivity contribution in [3.05, 3.63) is 59.1 Å². The van der Waals surface area contributed by atoms with Crippen LogP contribution in [-0.4, -0.2) is 27.0 Å². The summed E-state index contributed by atoms with van der Waals surface area (Å²) in [4.78, 5) is 22.6. The first-order chi connectivity index (χ1) is 15.1. The van der Waals surface area contributed by atoms with Crippen molar-refractivity contribution in [2.45, 2.75) is 39.0 Å². The minimum absolute atomic E-state index is 0.242. The Bertz CT molecular complexity index is 1230. The zero-order valence-electron chi connectivity index (χ0n) is 17.6. The quantitative estimate of drug-likeness (QED) is 0.357. The molecule has 0 aliphatic carbocycles. The molecule has 0 saturated heterocycles. The molecule has 2 heterocycles. The molecule has 2 aromatic heterocycles. The van der Waals surface area contributed by atoms with Crippen molar-refractivity contribution >= 4 is 45.5 Å². The lowest BCUT2D eigenvalue weighted by molar-refractivity contribution is 0.0955. The van der Waals surface area contributed by atoms with Crippen LogP contribution < -0.4 is 11.1 Å². The SMILES string of the molecule is CCCCCCCNC(=O)c1c(N)n(-c2ccccc2Cl)c2nc3ccccc3nc12. The summed E-state index contributed by atoms with van der Waals surface area (Å²) in [6.45, 7) is 2.78. The topological polar surface area (TPSA) is 85.8 Å². The van der Waals surface area contributed by atoms with Crippen LogP contribution in [0.1, 0.15) is 49.4 Å². The van der Waals surface area contributed by atoms with Crippen LogP contribution in [0.4, 0.5) is 5.82 Å². The summed E-state index contributed by atoms with van der Waals surface area (Å²) < 4.78 is 1.72. The summed E-state index contributed by atoms with van der Waals surface area (Å²) in [6, 6.07) is 14.9. The van der Waals surface area contributed by atoms with Gasteiger partial charge in [0.2, 0.25) is 0 Å². The number of benzene rings is 2. The van der Waals surface area contributed by atoms with E-state index in [4.69, 9.17) is 27.3 Å². The van der Waals surface area contributed by atoms with E-state index in [2.05, 4.69) is 12.2 Å². The number of fused-ring (bicyclic) bond motifs is 2. The third-order valence-electron chi connectivity index (χ3n) is 5.38. The third kappa shape index (κ3) is 4.21. The fourth-order valence-electron chi connectivity index (χ4n) is 3.78. The number of rotatable bonds is 8. The van der Waals surface area contributed by atoms with E-state index in [9.17, 15) is 4.79 Å². The predicted octanol–water partition coefficient (Wildman–Crippen LogP) is 5.51. The highest BCUT2D eigenvalue weighted by Crippen LogP contribution is 2.33. The number of anilines is 1. The summed E-state index contributed by atoms with van der Waals surface area (Å²) in [5.41, 5.74) is 9.93. The van der Waals surface area contributed by atoms with Crippen molar-refractivity contribution in [3.8, 4) is 5.69 Å². The van der Waals surface area contributed by atoms with Crippen molar-refractivity contribution in [1.82, 2.24) is 19.9 Å². The molecule has 31 heavy (non-hydrogen) atoms. The van der Waals surface area contributed by atoms with Gasteiger partial charge in [-0.15, -0.1) is 0 Å². The number of aromatic nitrogens is 3. The van der Waals surface area contributed by atoms with Crippen LogP contribution in [0.15, 0.2) is 48.5 Å². The van der Waals surface area contributed by atoms with Crippen molar-refractivity contribution in [2.75, 3.05) is 12.3 Å². The highest BCUT2D eigenvalue weighted by atomic mass is 35.5. The molecule has 0 fully saturated rings. The van der Waals surface area contributed by atoms with Crippen molar-refractivity contribution in [2.24, 2.45) is 0 Å². The van der Waals surface area contributed by atoms with Crippen LogP contribution in [0.5, 0.6) is 0 Å². The predicted molar refractivity (Wildman–Crippen MR) is 127 cm³/mol. The molecule has 0 spiro atoms. The molecule has 2 aromatic carbocycles. The van der Waals surface area contributed by atoms with E-state index in [1.807, 2.05) is 42.5 Å².